The van der Waals surface area contributed by atoms with Gasteiger partial charge in [0.05, 0.1) is 11.1 Å². The third-order valence-electron chi connectivity index (χ3n) is 3.01. The summed E-state index contributed by atoms with van der Waals surface area (Å²) in [7, 11) is 2.00. The lowest BCUT2D eigenvalue weighted by molar-refractivity contribution is 0.656. The van der Waals surface area contributed by atoms with Crippen molar-refractivity contribution in [1.29, 1.82) is 0 Å². The standard InChI is InChI=1S/C13H15BrClN/c1-16-13(9-4-2-3-5-9)10-6-7-11(14)12(15)8-10/h4,6-8,13,16H,2-3,5H2,1H3. The molecule has 0 saturated heterocycles. The van der Waals surface area contributed by atoms with E-state index >= 15 is 0 Å². The van der Waals surface area contributed by atoms with Gasteiger partial charge in [0.25, 0.3) is 0 Å². The summed E-state index contributed by atoms with van der Waals surface area (Å²) < 4.78 is 0.952. The molecule has 1 nitrogen and oxygen atoms in total. The summed E-state index contributed by atoms with van der Waals surface area (Å²) in [4.78, 5) is 0. The van der Waals surface area contributed by atoms with Crippen LogP contribution in [0.15, 0.2) is 34.3 Å². The smallest absolute Gasteiger partial charge is 0.0551 e. The lowest BCUT2D eigenvalue weighted by Crippen LogP contribution is -2.17. The summed E-state index contributed by atoms with van der Waals surface area (Å²) in [5, 5.41) is 4.14. The maximum absolute atomic E-state index is 6.13. The van der Waals surface area contributed by atoms with Gasteiger partial charge < -0.3 is 5.32 Å². The van der Waals surface area contributed by atoms with Crippen LogP contribution >= 0.6 is 27.5 Å². The van der Waals surface area contributed by atoms with Gasteiger partial charge in [-0.1, -0.05) is 29.3 Å². The Hall–Kier alpha value is -0.310. The van der Waals surface area contributed by atoms with Gasteiger partial charge in [0, 0.05) is 4.47 Å². The summed E-state index contributed by atoms with van der Waals surface area (Å²) >= 11 is 9.54. The van der Waals surface area contributed by atoms with Crippen molar-refractivity contribution in [2.75, 3.05) is 7.05 Å². The van der Waals surface area contributed by atoms with E-state index in [0.717, 1.165) is 9.50 Å². The molecule has 0 heterocycles. The van der Waals surface area contributed by atoms with Crippen molar-refractivity contribution in [3.05, 3.63) is 44.9 Å². The first-order chi connectivity index (χ1) is 7.72. The highest BCUT2D eigenvalue weighted by atomic mass is 79.9. The molecule has 2 rings (SSSR count). The average molecular weight is 301 g/mol. The van der Waals surface area contributed by atoms with Crippen LogP contribution in [-0.2, 0) is 0 Å². The van der Waals surface area contributed by atoms with E-state index in [2.05, 4.69) is 33.4 Å². The van der Waals surface area contributed by atoms with Gasteiger partial charge in [-0.15, -0.1) is 0 Å². The van der Waals surface area contributed by atoms with E-state index in [1.165, 1.54) is 30.4 Å². The van der Waals surface area contributed by atoms with E-state index in [4.69, 9.17) is 11.6 Å². The van der Waals surface area contributed by atoms with Crippen molar-refractivity contribution in [1.82, 2.24) is 5.32 Å². The number of benzene rings is 1. The zero-order valence-corrected chi connectivity index (χ0v) is 11.6. The van der Waals surface area contributed by atoms with Crippen LogP contribution < -0.4 is 5.32 Å². The Morgan fingerprint density at radius 1 is 1.44 bits per heavy atom. The van der Waals surface area contributed by atoms with Crippen LogP contribution in [-0.4, -0.2) is 7.05 Å². The molecule has 0 radical (unpaired) electrons. The van der Waals surface area contributed by atoms with E-state index in [-0.39, 0.29) is 0 Å². The number of hydrogen-bond donors (Lipinski definition) is 1. The van der Waals surface area contributed by atoms with Gasteiger partial charge in [0.15, 0.2) is 0 Å². The number of hydrogen-bond acceptors (Lipinski definition) is 1. The van der Waals surface area contributed by atoms with Crippen molar-refractivity contribution in [2.45, 2.75) is 25.3 Å². The van der Waals surface area contributed by atoms with Crippen LogP contribution in [0.1, 0.15) is 30.9 Å². The molecule has 0 saturated carbocycles. The second kappa shape index (κ2) is 5.35. The third-order valence-corrected chi connectivity index (χ3v) is 4.25. The Labute approximate surface area is 110 Å². The minimum atomic E-state index is 0.313. The zero-order valence-electron chi connectivity index (χ0n) is 9.26. The minimum Gasteiger partial charge on any atom is -0.310 e. The molecule has 1 N–H and O–H groups in total. The van der Waals surface area contributed by atoms with E-state index in [9.17, 15) is 0 Å². The summed E-state index contributed by atoms with van der Waals surface area (Å²) in [6.45, 7) is 0. The molecule has 1 atom stereocenters. The van der Waals surface area contributed by atoms with Crippen LogP contribution in [0.4, 0.5) is 0 Å². The predicted molar refractivity (Wildman–Crippen MR) is 72.9 cm³/mol. The Morgan fingerprint density at radius 3 is 2.81 bits per heavy atom. The van der Waals surface area contributed by atoms with Crippen LogP contribution in [0.5, 0.6) is 0 Å². The number of nitrogens with one attached hydrogen (secondary N) is 1. The zero-order chi connectivity index (χ0) is 11.5. The van der Waals surface area contributed by atoms with E-state index in [1.807, 2.05) is 19.2 Å². The van der Waals surface area contributed by atoms with E-state index < -0.39 is 0 Å². The van der Waals surface area contributed by atoms with Crippen LogP contribution in [0.2, 0.25) is 5.02 Å². The molecule has 0 spiro atoms. The van der Waals surface area contributed by atoms with Gasteiger partial charge in [-0.2, -0.15) is 0 Å². The van der Waals surface area contributed by atoms with Crippen LogP contribution in [0, 0.1) is 0 Å². The second-order valence-electron chi connectivity index (χ2n) is 4.07. The molecule has 86 valence electrons. The molecule has 0 amide bonds. The first-order valence-electron chi connectivity index (χ1n) is 5.53. The van der Waals surface area contributed by atoms with Gasteiger partial charge in [-0.25, -0.2) is 0 Å². The third kappa shape index (κ3) is 2.50. The first kappa shape index (κ1) is 12.2. The first-order valence-corrected chi connectivity index (χ1v) is 6.70. The Bertz CT molecular complexity index is 414. The van der Waals surface area contributed by atoms with Crippen LogP contribution in [0.25, 0.3) is 0 Å². The Kier molecular flexibility index (Phi) is 4.06. The minimum absolute atomic E-state index is 0.313. The Morgan fingerprint density at radius 2 is 2.25 bits per heavy atom. The molecule has 16 heavy (non-hydrogen) atoms. The van der Waals surface area contributed by atoms with Crippen LogP contribution in [0.3, 0.4) is 0 Å². The van der Waals surface area contributed by atoms with Gasteiger partial charge in [0.1, 0.15) is 0 Å². The molecule has 0 bridgehead atoms. The molecule has 0 aliphatic heterocycles. The topological polar surface area (TPSA) is 12.0 Å². The molecule has 1 aromatic carbocycles. The fraction of sp³-hybridized carbons (Fsp3) is 0.385. The maximum Gasteiger partial charge on any atom is 0.0551 e. The van der Waals surface area contributed by atoms with Gasteiger partial charge in [-0.3, -0.25) is 0 Å². The Balaban J connectivity index is 2.29. The predicted octanol–water partition coefficient (Wildman–Crippen LogP) is 4.47. The SMILES string of the molecule is CNC(C1=CCCC1)c1ccc(Br)c(Cl)c1. The van der Waals surface area contributed by atoms with Gasteiger partial charge >= 0.3 is 0 Å². The van der Waals surface area contributed by atoms with Crippen molar-refractivity contribution in [2.24, 2.45) is 0 Å². The van der Waals surface area contributed by atoms with Crippen molar-refractivity contribution >= 4 is 27.5 Å². The highest BCUT2D eigenvalue weighted by Crippen LogP contribution is 2.33. The molecule has 0 fully saturated rings. The molecular weight excluding hydrogens is 286 g/mol. The van der Waals surface area contributed by atoms with Gasteiger partial charge in [-0.05, 0) is 59.9 Å². The summed E-state index contributed by atoms with van der Waals surface area (Å²) in [6.07, 6.45) is 6.02. The molecule has 1 aliphatic rings. The number of allylic oxidation sites excluding steroid dienone is 1. The molecular formula is C13H15BrClN. The summed E-state index contributed by atoms with van der Waals surface area (Å²) in [6, 6.07) is 6.48. The molecule has 0 aromatic heterocycles. The fourth-order valence-corrected chi connectivity index (χ4v) is 2.65. The number of rotatable bonds is 3. The molecule has 1 unspecified atom stereocenters. The lowest BCUT2D eigenvalue weighted by atomic mass is 9.98. The van der Waals surface area contributed by atoms with Crippen molar-refractivity contribution in [3.8, 4) is 0 Å². The quantitative estimate of drug-likeness (QED) is 0.812. The summed E-state index contributed by atoms with van der Waals surface area (Å²) in [5.74, 6) is 0. The second-order valence-corrected chi connectivity index (χ2v) is 5.33. The van der Waals surface area contributed by atoms with Crippen molar-refractivity contribution < 1.29 is 0 Å². The molecule has 3 heteroatoms. The largest absolute Gasteiger partial charge is 0.310 e. The van der Waals surface area contributed by atoms with E-state index in [1.54, 1.807) is 0 Å². The normalized spacial score (nSPS) is 17.3. The summed E-state index contributed by atoms with van der Waals surface area (Å²) in [5.41, 5.74) is 2.73. The molecule has 1 aliphatic carbocycles. The molecule has 1 aromatic rings. The maximum atomic E-state index is 6.13. The number of likely N-dealkylation sites (N-methyl/N-ethyl adjacent to an activating group) is 1. The van der Waals surface area contributed by atoms with Crippen molar-refractivity contribution in [3.63, 3.8) is 0 Å². The van der Waals surface area contributed by atoms with E-state index in [0.29, 0.717) is 6.04 Å². The van der Waals surface area contributed by atoms with Gasteiger partial charge in [0.2, 0.25) is 0 Å². The monoisotopic (exact) mass is 299 g/mol. The average Bonchev–Trinajstić information content (AvgIpc) is 2.78. The highest BCUT2D eigenvalue weighted by molar-refractivity contribution is 9.10. The fourth-order valence-electron chi connectivity index (χ4n) is 2.22. The highest BCUT2D eigenvalue weighted by Gasteiger charge is 2.17. The lowest BCUT2D eigenvalue weighted by Gasteiger charge is -2.18. The number of halogens is 2.